The van der Waals surface area contributed by atoms with Crippen LogP contribution in [0.4, 0.5) is 0 Å². The molecule has 0 radical (unpaired) electrons. The third-order valence-electron chi connectivity index (χ3n) is 4.45. The molecule has 2 aliphatic rings. The number of nitrogens with one attached hydrogen (secondary N) is 1. The molecule has 2 fully saturated rings. The summed E-state index contributed by atoms with van der Waals surface area (Å²) in [7, 11) is 0. The van der Waals surface area contributed by atoms with Crippen molar-refractivity contribution in [1.29, 1.82) is 0 Å². The van der Waals surface area contributed by atoms with Gasteiger partial charge in [0.1, 0.15) is 0 Å². The van der Waals surface area contributed by atoms with E-state index in [4.69, 9.17) is 4.74 Å². The van der Waals surface area contributed by atoms with Crippen LogP contribution in [0, 0.1) is 5.92 Å². The van der Waals surface area contributed by atoms with Crippen LogP contribution >= 0.6 is 0 Å². The van der Waals surface area contributed by atoms with Crippen molar-refractivity contribution in [2.45, 2.75) is 70.5 Å². The lowest BCUT2D eigenvalue weighted by Gasteiger charge is -2.41. The Kier molecular flexibility index (Phi) is 4.26. The maximum absolute atomic E-state index is 6.36. The van der Waals surface area contributed by atoms with Gasteiger partial charge in [0.2, 0.25) is 0 Å². The molecule has 94 valence electrons. The minimum atomic E-state index is 0.0786. The van der Waals surface area contributed by atoms with Crippen molar-refractivity contribution in [1.82, 2.24) is 5.32 Å². The zero-order valence-electron chi connectivity index (χ0n) is 10.9. The van der Waals surface area contributed by atoms with Gasteiger partial charge in [0.25, 0.3) is 0 Å². The third-order valence-corrected chi connectivity index (χ3v) is 4.45. The summed E-state index contributed by atoms with van der Waals surface area (Å²) in [5.74, 6) is 0.807. The molecule has 1 aliphatic heterocycles. The smallest absolute Gasteiger partial charge is 0.0780 e. The van der Waals surface area contributed by atoms with E-state index in [9.17, 15) is 0 Å². The zero-order valence-corrected chi connectivity index (χ0v) is 10.9. The van der Waals surface area contributed by atoms with Crippen molar-refractivity contribution in [2.75, 3.05) is 13.1 Å². The molecule has 2 atom stereocenters. The Morgan fingerprint density at radius 3 is 2.50 bits per heavy atom. The normalized spacial score (nSPS) is 38.2. The number of ether oxygens (including phenoxy) is 1. The molecule has 2 nitrogen and oxygen atoms in total. The Labute approximate surface area is 100 Å². The van der Waals surface area contributed by atoms with Crippen molar-refractivity contribution in [3.63, 3.8) is 0 Å². The zero-order chi connectivity index (χ0) is 11.4. The summed E-state index contributed by atoms with van der Waals surface area (Å²) in [6.07, 6.45) is 10.0. The SMILES string of the molecule is CCC1(C)CNCC(C2CCCCCC2)O1. The molecule has 16 heavy (non-hydrogen) atoms. The van der Waals surface area contributed by atoms with Gasteiger partial charge in [0, 0.05) is 13.1 Å². The quantitative estimate of drug-likeness (QED) is 0.729. The molecular weight excluding hydrogens is 198 g/mol. The topological polar surface area (TPSA) is 21.3 Å². The van der Waals surface area contributed by atoms with Gasteiger partial charge in [-0.1, -0.05) is 32.6 Å². The van der Waals surface area contributed by atoms with Gasteiger partial charge in [-0.3, -0.25) is 0 Å². The van der Waals surface area contributed by atoms with Gasteiger partial charge in [0.05, 0.1) is 11.7 Å². The summed E-state index contributed by atoms with van der Waals surface area (Å²) < 4.78 is 6.36. The van der Waals surface area contributed by atoms with E-state index >= 15 is 0 Å². The van der Waals surface area contributed by atoms with Crippen LogP contribution in [0.2, 0.25) is 0 Å². The monoisotopic (exact) mass is 225 g/mol. The van der Waals surface area contributed by atoms with E-state index in [-0.39, 0.29) is 5.60 Å². The molecule has 1 saturated carbocycles. The highest BCUT2D eigenvalue weighted by molar-refractivity contribution is 4.87. The lowest BCUT2D eigenvalue weighted by atomic mass is 9.90. The number of hydrogen-bond acceptors (Lipinski definition) is 2. The summed E-state index contributed by atoms with van der Waals surface area (Å²) in [6, 6.07) is 0. The molecule has 0 aromatic carbocycles. The highest BCUT2D eigenvalue weighted by Gasteiger charge is 2.35. The Bertz CT molecular complexity index is 211. The van der Waals surface area contributed by atoms with E-state index in [1.807, 2.05) is 0 Å². The molecule has 1 N–H and O–H groups in total. The second kappa shape index (κ2) is 5.50. The van der Waals surface area contributed by atoms with Crippen LogP contribution in [-0.4, -0.2) is 24.8 Å². The molecular formula is C14H27NO. The van der Waals surface area contributed by atoms with Gasteiger partial charge in [0.15, 0.2) is 0 Å². The summed E-state index contributed by atoms with van der Waals surface area (Å²) in [6.45, 7) is 6.58. The molecule has 0 amide bonds. The molecule has 2 rings (SSSR count). The highest BCUT2D eigenvalue weighted by Crippen LogP contribution is 2.31. The minimum Gasteiger partial charge on any atom is -0.369 e. The van der Waals surface area contributed by atoms with Crippen molar-refractivity contribution in [3.8, 4) is 0 Å². The number of morpholine rings is 1. The molecule has 2 heteroatoms. The van der Waals surface area contributed by atoms with E-state index in [1.54, 1.807) is 0 Å². The molecule has 1 saturated heterocycles. The first-order valence-electron chi connectivity index (χ1n) is 7.12. The van der Waals surface area contributed by atoms with Crippen molar-refractivity contribution < 1.29 is 4.74 Å². The first-order valence-corrected chi connectivity index (χ1v) is 7.12. The maximum Gasteiger partial charge on any atom is 0.0780 e. The minimum absolute atomic E-state index is 0.0786. The van der Waals surface area contributed by atoms with E-state index < -0.39 is 0 Å². The van der Waals surface area contributed by atoms with Crippen LogP contribution in [0.1, 0.15) is 58.8 Å². The largest absolute Gasteiger partial charge is 0.369 e. The van der Waals surface area contributed by atoms with Crippen LogP contribution in [0.25, 0.3) is 0 Å². The molecule has 0 spiro atoms. The van der Waals surface area contributed by atoms with Gasteiger partial charge in [-0.15, -0.1) is 0 Å². The second-order valence-corrected chi connectivity index (χ2v) is 5.84. The molecule has 1 aliphatic carbocycles. The highest BCUT2D eigenvalue weighted by atomic mass is 16.5. The Morgan fingerprint density at radius 1 is 1.19 bits per heavy atom. The summed E-state index contributed by atoms with van der Waals surface area (Å²) in [5.41, 5.74) is 0.0786. The number of hydrogen-bond donors (Lipinski definition) is 1. The maximum atomic E-state index is 6.36. The fourth-order valence-corrected chi connectivity index (χ4v) is 3.08. The lowest BCUT2D eigenvalue weighted by Crippen LogP contribution is -2.54. The van der Waals surface area contributed by atoms with Crippen LogP contribution in [0.5, 0.6) is 0 Å². The van der Waals surface area contributed by atoms with E-state index in [2.05, 4.69) is 19.2 Å². The second-order valence-electron chi connectivity index (χ2n) is 5.84. The molecule has 0 aromatic rings. The van der Waals surface area contributed by atoms with Crippen LogP contribution in [0.15, 0.2) is 0 Å². The Balaban J connectivity index is 1.92. The van der Waals surface area contributed by atoms with Crippen LogP contribution < -0.4 is 5.32 Å². The van der Waals surface area contributed by atoms with Gasteiger partial charge in [-0.2, -0.15) is 0 Å². The fraction of sp³-hybridized carbons (Fsp3) is 1.00. The first-order chi connectivity index (χ1) is 7.73. The van der Waals surface area contributed by atoms with Gasteiger partial charge in [-0.05, 0) is 32.1 Å². The summed E-state index contributed by atoms with van der Waals surface area (Å²) in [4.78, 5) is 0. The van der Waals surface area contributed by atoms with E-state index in [0.717, 1.165) is 25.4 Å². The summed E-state index contributed by atoms with van der Waals surface area (Å²) >= 11 is 0. The molecule has 1 heterocycles. The van der Waals surface area contributed by atoms with Crippen molar-refractivity contribution in [2.24, 2.45) is 5.92 Å². The summed E-state index contributed by atoms with van der Waals surface area (Å²) in [5, 5.41) is 3.57. The van der Waals surface area contributed by atoms with Gasteiger partial charge < -0.3 is 10.1 Å². The third kappa shape index (κ3) is 2.98. The average molecular weight is 225 g/mol. The molecule has 2 unspecified atom stereocenters. The lowest BCUT2D eigenvalue weighted by molar-refractivity contribution is -0.129. The van der Waals surface area contributed by atoms with Crippen molar-refractivity contribution in [3.05, 3.63) is 0 Å². The standard InChI is InChI=1S/C14H27NO/c1-3-14(2)11-15-10-13(16-14)12-8-6-4-5-7-9-12/h12-13,15H,3-11H2,1-2H3. The van der Waals surface area contributed by atoms with E-state index in [1.165, 1.54) is 38.5 Å². The predicted octanol–water partition coefficient (Wildman–Crippen LogP) is 3.11. The van der Waals surface area contributed by atoms with Crippen LogP contribution in [-0.2, 0) is 4.74 Å². The average Bonchev–Trinajstić information content (AvgIpc) is 2.58. The van der Waals surface area contributed by atoms with Crippen molar-refractivity contribution >= 4 is 0 Å². The molecule has 0 aromatic heterocycles. The fourth-order valence-electron chi connectivity index (χ4n) is 3.08. The Hall–Kier alpha value is -0.0800. The first kappa shape index (κ1) is 12.4. The predicted molar refractivity (Wildman–Crippen MR) is 67.6 cm³/mol. The number of rotatable bonds is 2. The van der Waals surface area contributed by atoms with E-state index in [0.29, 0.717) is 6.10 Å². The van der Waals surface area contributed by atoms with Gasteiger partial charge >= 0.3 is 0 Å². The Morgan fingerprint density at radius 2 is 1.88 bits per heavy atom. The van der Waals surface area contributed by atoms with Gasteiger partial charge in [-0.25, -0.2) is 0 Å². The van der Waals surface area contributed by atoms with Crippen LogP contribution in [0.3, 0.4) is 0 Å². The molecule has 0 bridgehead atoms.